The molecule has 1 aliphatic rings. The summed E-state index contributed by atoms with van der Waals surface area (Å²) in [7, 11) is 1.67. The predicted octanol–water partition coefficient (Wildman–Crippen LogP) is 1.04. The van der Waals surface area contributed by atoms with E-state index in [-0.39, 0.29) is 0 Å². The minimum Gasteiger partial charge on any atom is -0.486 e. The molecule has 0 amide bonds. The van der Waals surface area contributed by atoms with Gasteiger partial charge in [0, 0.05) is 19.1 Å². The molecule has 0 saturated carbocycles. The van der Waals surface area contributed by atoms with Crippen molar-refractivity contribution in [3.8, 4) is 11.5 Å². The van der Waals surface area contributed by atoms with Crippen LogP contribution in [0.1, 0.15) is 11.1 Å². The van der Waals surface area contributed by atoms with E-state index in [4.69, 9.17) is 20.1 Å². The number of methoxy groups -OCH3 is 1. The van der Waals surface area contributed by atoms with Crippen molar-refractivity contribution in [2.75, 3.05) is 26.9 Å². The lowest BCUT2D eigenvalue weighted by molar-refractivity contribution is 0.136. The maximum atomic E-state index is 5.66. The Morgan fingerprint density at radius 3 is 2.88 bits per heavy atom. The fourth-order valence-corrected chi connectivity index (χ4v) is 1.94. The lowest BCUT2D eigenvalue weighted by Crippen LogP contribution is -2.18. The van der Waals surface area contributed by atoms with Gasteiger partial charge in [-0.2, -0.15) is 0 Å². The minimum atomic E-state index is 0.441. The van der Waals surface area contributed by atoms with Gasteiger partial charge in [-0.25, -0.2) is 5.90 Å². The van der Waals surface area contributed by atoms with E-state index in [2.05, 4.69) is 4.84 Å². The van der Waals surface area contributed by atoms with Crippen molar-refractivity contribution in [2.24, 2.45) is 5.90 Å². The Hall–Kier alpha value is -1.30. The summed E-state index contributed by atoms with van der Waals surface area (Å²) in [4.78, 5) is 4.63. The third-order valence-electron chi connectivity index (χ3n) is 2.68. The quantitative estimate of drug-likeness (QED) is 0.778. The second kappa shape index (κ2) is 5.86. The number of fused-ring (bicyclic) bond motifs is 1. The van der Waals surface area contributed by atoms with Gasteiger partial charge >= 0.3 is 0 Å². The molecule has 1 aromatic rings. The molecule has 0 atom stereocenters. The van der Waals surface area contributed by atoms with E-state index >= 15 is 0 Å². The molecule has 0 aromatic heterocycles. The van der Waals surface area contributed by atoms with Crippen LogP contribution in [0.5, 0.6) is 11.5 Å². The van der Waals surface area contributed by atoms with Crippen LogP contribution in [0.25, 0.3) is 0 Å². The van der Waals surface area contributed by atoms with Crippen LogP contribution in [0.2, 0.25) is 0 Å². The molecule has 0 bridgehead atoms. The highest BCUT2D eigenvalue weighted by atomic mass is 16.6. The first-order chi connectivity index (χ1) is 8.36. The summed E-state index contributed by atoms with van der Waals surface area (Å²) < 4.78 is 16.4. The predicted molar refractivity (Wildman–Crippen MR) is 62.0 cm³/mol. The summed E-state index contributed by atoms with van der Waals surface area (Å²) in [5.74, 6) is 6.65. The molecule has 5 nitrogen and oxygen atoms in total. The van der Waals surface area contributed by atoms with Gasteiger partial charge in [0.1, 0.15) is 13.2 Å². The van der Waals surface area contributed by atoms with Gasteiger partial charge in [0.05, 0.1) is 13.2 Å². The van der Waals surface area contributed by atoms with Crippen LogP contribution in [0, 0.1) is 0 Å². The van der Waals surface area contributed by atoms with Gasteiger partial charge in [-0.05, 0) is 11.6 Å². The highest BCUT2D eigenvalue weighted by molar-refractivity contribution is 5.51. The molecule has 94 valence electrons. The average Bonchev–Trinajstić information content (AvgIpc) is 2.37. The van der Waals surface area contributed by atoms with Crippen molar-refractivity contribution in [2.45, 2.75) is 13.0 Å². The molecule has 2 N–H and O–H groups in total. The Morgan fingerprint density at radius 1 is 1.29 bits per heavy atom. The van der Waals surface area contributed by atoms with E-state index in [9.17, 15) is 0 Å². The van der Waals surface area contributed by atoms with Gasteiger partial charge in [-0.3, -0.25) is 0 Å². The minimum absolute atomic E-state index is 0.441. The van der Waals surface area contributed by atoms with Gasteiger partial charge < -0.3 is 19.0 Å². The summed E-state index contributed by atoms with van der Waals surface area (Å²) in [6.45, 7) is 2.14. The molecule has 1 aromatic carbocycles. The van der Waals surface area contributed by atoms with Crippen molar-refractivity contribution < 1.29 is 19.0 Å². The van der Waals surface area contributed by atoms with Crippen LogP contribution in [0.3, 0.4) is 0 Å². The first kappa shape index (κ1) is 12.2. The number of hydrogen-bond acceptors (Lipinski definition) is 5. The molecule has 0 spiro atoms. The number of nitrogens with two attached hydrogens (primary N) is 1. The Morgan fingerprint density at radius 2 is 2.12 bits per heavy atom. The highest BCUT2D eigenvalue weighted by Gasteiger charge is 2.18. The zero-order chi connectivity index (χ0) is 12.1. The fourth-order valence-electron chi connectivity index (χ4n) is 1.94. The van der Waals surface area contributed by atoms with E-state index in [1.807, 2.05) is 12.1 Å². The molecule has 1 heterocycles. The number of benzene rings is 1. The summed E-state index contributed by atoms with van der Waals surface area (Å²) >= 11 is 0. The molecule has 0 fully saturated rings. The van der Waals surface area contributed by atoms with Gasteiger partial charge in [-0.15, -0.1) is 0 Å². The van der Waals surface area contributed by atoms with Crippen molar-refractivity contribution >= 4 is 0 Å². The Labute approximate surface area is 100 Å². The zero-order valence-electron chi connectivity index (χ0n) is 9.90. The SMILES string of the molecule is COCc1ccc2c(c1CCON)OCCO2. The monoisotopic (exact) mass is 239 g/mol. The Kier molecular flexibility index (Phi) is 4.19. The van der Waals surface area contributed by atoms with E-state index in [1.54, 1.807) is 7.11 Å². The lowest BCUT2D eigenvalue weighted by Gasteiger charge is -2.23. The summed E-state index contributed by atoms with van der Waals surface area (Å²) in [5.41, 5.74) is 2.13. The van der Waals surface area contributed by atoms with E-state index < -0.39 is 0 Å². The first-order valence-electron chi connectivity index (χ1n) is 5.57. The second-order valence-corrected chi connectivity index (χ2v) is 3.78. The van der Waals surface area contributed by atoms with Crippen LogP contribution in [0.15, 0.2) is 12.1 Å². The molecular formula is C12H17NO4. The molecule has 0 aliphatic carbocycles. The summed E-state index contributed by atoms with van der Waals surface area (Å²) in [6.07, 6.45) is 0.682. The average molecular weight is 239 g/mol. The van der Waals surface area contributed by atoms with E-state index in [0.29, 0.717) is 32.8 Å². The molecule has 2 rings (SSSR count). The lowest BCUT2D eigenvalue weighted by atomic mass is 10.0. The Bertz CT molecular complexity index is 381. The smallest absolute Gasteiger partial charge is 0.164 e. The van der Waals surface area contributed by atoms with Crippen LogP contribution in [-0.2, 0) is 22.6 Å². The Balaban J connectivity index is 2.32. The molecule has 1 aliphatic heterocycles. The number of rotatable bonds is 5. The van der Waals surface area contributed by atoms with Crippen LogP contribution < -0.4 is 15.4 Å². The molecule has 0 saturated heterocycles. The molecule has 0 radical (unpaired) electrons. The van der Waals surface area contributed by atoms with Gasteiger partial charge in [0.25, 0.3) is 0 Å². The van der Waals surface area contributed by atoms with Crippen LogP contribution in [0.4, 0.5) is 0 Å². The standard InChI is InChI=1S/C12H17NO4/c1-14-8-9-2-3-11-12(16-7-6-15-11)10(9)4-5-17-13/h2-3H,4-8,13H2,1H3. The first-order valence-corrected chi connectivity index (χ1v) is 5.57. The summed E-state index contributed by atoms with van der Waals surface area (Å²) in [5, 5.41) is 0. The zero-order valence-corrected chi connectivity index (χ0v) is 9.90. The van der Waals surface area contributed by atoms with Gasteiger partial charge in [-0.1, -0.05) is 6.07 Å². The molecule has 5 heteroatoms. The van der Waals surface area contributed by atoms with Gasteiger partial charge in [0.15, 0.2) is 11.5 Å². The van der Waals surface area contributed by atoms with Crippen molar-refractivity contribution in [3.63, 3.8) is 0 Å². The van der Waals surface area contributed by atoms with Crippen LogP contribution in [-0.4, -0.2) is 26.9 Å². The number of ether oxygens (including phenoxy) is 3. The largest absolute Gasteiger partial charge is 0.486 e. The molecule has 17 heavy (non-hydrogen) atoms. The summed E-state index contributed by atoms with van der Waals surface area (Å²) in [6, 6.07) is 3.90. The normalized spacial score (nSPS) is 13.8. The third kappa shape index (κ3) is 2.69. The van der Waals surface area contributed by atoms with Gasteiger partial charge in [0.2, 0.25) is 0 Å². The fraction of sp³-hybridized carbons (Fsp3) is 0.500. The third-order valence-corrected chi connectivity index (χ3v) is 2.68. The maximum absolute atomic E-state index is 5.66. The van der Waals surface area contributed by atoms with Crippen LogP contribution >= 0.6 is 0 Å². The maximum Gasteiger partial charge on any atom is 0.164 e. The van der Waals surface area contributed by atoms with Crippen molar-refractivity contribution in [1.29, 1.82) is 0 Å². The van der Waals surface area contributed by atoms with Crippen molar-refractivity contribution in [3.05, 3.63) is 23.3 Å². The molecule has 0 unspecified atom stereocenters. The highest BCUT2D eigenvalue weighted by Crippen LogP contribution is 2.36. The molecular weight excluding hydrogens is 222 g/mol. The van der Waals surface area contributed by atoms with E-state index in [1.165, 1.54) is 0 Å². The topological polar surface area (TPSA) is 62.9 Å². The number of hydrogen-bond donors (Lipinski definition) is 1. The van der Waals surface area contributed by atoms with Crippen molar-refractivity contribution in [1.82, 2.24) is 0 Å². The second-order valence-electron chi connectivity index (χ2n) is 3.78. The van der Waals surface area contributed by atoms with E-state index in [0.717, 1.165) is 22.6 Å².